The van der Waals surface area contributed by atoms with Crippen molar-refractivity contribution in [1.82, 2.24) is 5.43 Å². The molecule has 0 spiro atoms. The molecule has 2 rings (SSSR count). The van der Waals surface area contributed by atoms with Gasteiger partial charge in [0, 0.05) is 0 Å². The molecule has 2 aromatic rings. The molecule has 2 aromatic carbocycles. The third-order valence-electron chi connectivity index (χ3n) is 3.74. The molecule has 0 saturated carbocycles. The van der Waals surface area contributed by atoms with Crippen LogP contribution < -0.4 is 15.5 Å². The first-order valence-electron chi connectivity index (χ1n) is 8.52. The van der Waals surface area contributed by atoms with Crippen LogP contribution in [0.25, 0.3) is 0 Å². The molecule has 0 bridgehead atoms. The Bertz CT molecular complexity index is 699. The van der Waals surface area contributed by atoms with Gasteiger partial charge < -0.3 is 10.1 Å². The van der Waals surface area contributed by atoms with Crippen LogP contribution in [-0.4, -0.2) is 25.3 Å². The summed E-state index contributed by atoms with van der Waals surface area (Å²) in [5, 5.41) is 7.40. The Morgan fingerprint density at radius 2 is 1.80 bits per heavy atom. The minimum atomic E-state index is -0.198. The van der Waals surface area contributed by atoms with Crippen molar-refractivity contribution < 1.29 is 9.53 Å². The lowest BCUT2D eigenvalue weighted by Gasteiger charge is -2.10. The highest BCUT2D eigenvalue weighted by atomic mass is 16.5. The second-order valence-corrected chi connectivity index (χ2v) is 5.62. The molecule has 5 nitrogen and oxygen atoms in total. The maximum Gasteiger partial charge on any atom is 0.259 e. The van der Waals surface area contributed by atoms with Gasteiger partial charge in [0.25, 0.3) is 5.91 Å². The molecule has 132 valence electrons. The van der Waals surface area contributed by atoms with Crippen LogP contribution >= 0.6 is 0 Å². The van der Waals surface area contributed by atoms with E-state index in [-0.39, 0.29) is 12.5 Å². The number of hydrogen-bond acceptors (Lipinski definition) is 4. The van der Waals surface area contributed by atoms with Crippen LogP contribution in [0.4, 0.5) is 5.69 Å². The fraction of sp³-hybridized carbons (Fsp3) is 0.300. The number of amides is 1. The van der Waals surface area contributed by atoms with E-state index in [0.29, 0.717) is 5.75 Å². The van der Waals surface area contributed by atoms with Gasteiger partial charge in [0.1, 0.15) is 5.75 Å². The molecule has 0 aromatic heterocycles. The number of benzene rings is 2. The van der Waals surface area contributed by atoms with Crippen LogP contribution in [0.3, 0.4) is 0 Å². The van der Waals surface area contributed by atoms with Gasteiger partial charge in [-0.05, 0) is 30.5 Å². The number of rotatable bonds is 9. The fourth-order valence-corrected chi connectivity index (χ4v) is 2.38. The summed E-state index contributed by atoms with van der Waals surface area (Å²) in [5.41, 5.74) is 5.35. The predicted molar refractivity (Wildman–Crippen MR) is 102 cm³/mol. The van der Waals surface area contributed by atoms with Gasteiger partial charge in [-0.3, -0.25) is 4.79 Å². The second kappa shape index (κ2) is 10.1. The Morgan fingerprint density at radius 1 is 1.08 bits per heavy atom. The fourth-order valence-electron chi connectivity index (χ4n) is 2.38. The number of hydrogen-bond donors (Lipinski definition) is 2. The Labute approximate surface area is 149 Å². The van der Waals surface area contributed by atoms with Crippen LogP contribution in [0.1, 0.15) is 31.7 Å². The van der Waals surface area contributed by atoms with E-state index in [0.717, 1.165) is 36.2 Å². The maximum absolute atomic E-state index is 12.1. The molecule has 0 aliphatic carbocycles. The highest BCUT2D eigenvalue weighted by molar-refractivity contribution is 6.01. The van der Waals surface area contributed by atoms with Crippen LogP contribution in [0.5, 0.6) is 5.75 Å². The number of nitrogens with one attached hydrogen (secondary N) is 2. The summed E-state index contributed by atoms with van der Waals surface area (Å²) in [6.45, 7) is 2.26. The summed E-state index contributed by atoms with van der Waals surface area (Å²) in [6, 6.07) is 17.4. The third kappa shape index (κ3) is 5.95. The van der Waals surface area contributed by atoms with Crippen molar-refractivity contribution in [3.8, 4) is 5.75 Å². The lowest BCUT2D eigenvalue weighted by Crippen LogP contribution is -2.27. The zero-order chi connectivity index (χ0) is 17.9. The van der Waals surface area contributed by atoms with Gasteiger partial charge in [-0.25, -0.2) is 5.43 Å². The number of ether oxygens (including phenoxy) is 1. The van der Waals surface area contributed by atoms with Gasteiger partial charge in [-0.1, -0.05) is 55.8 Å². The van der Waals surface area contributed by atoms with E-state index in [4.69, 9.17) is 4.74 Å². The lowest BCUT2D eigenvalue weighted by atomic mass is 10.1. The van der Waals surface area contributed by atoms with Gasteiger partial charge >= 0.3 is 0 Å². The third-order valence-corrected chi connectivity index (χ3v) is 3.74. The molecular weight excluding hydrogens is 314 g/mol. The van der Waals surface area contributed by atoms with Crippen molar-refractivity contribution >= 4 is 17.3 Å². The summed E-state index contributed by atoms with van der Waals surface area (Å²) < 4.78 is 5.26. The lowest BCUT2D eigenvalue weighted by molar-refractivity contribution is -0.119. The van der Waals surface area contributed by atoms with E-state index in [2.05, 4.69) is 22.8 Å². The molecule has 25 heavy (non-hydrogen) atoms. The number of carbonyl (C=O) groups excluding carboxylic acids is 1. The number of anilines is 1. The van der Waals surface area contributed by atoms with E-state index in [1.54, 1.807) is 7.11 Å². The summed E-state index contributed by atoms with van der Waals surface area (Å²) in [6.07, 6.45) is 2.94. The molecule has 0 aliphatic heterocycles. The number of nitrogens with zero attached hydrogens (tertiary/aromatic N) is 1. The molecular formula is C20H25N3O2. The molecule has 0 saturated heterocycles. The zero-order valence-corrected chi connectivity index (χ0v) is 14.8. The molecule has 0 unspecified atom stereocenters. The number of methoxy groups -OCH3 is 1. The number of para-hydroxylation sites is 2. The van der Waals surface area contributed by atoms with Crippen LogP contribution in [0.15, 0.2) is 59.7 Å². The predicted octanol–water partition coefficient (Wildman–Crippen LogP) is 3.82. The quantitative estimate of drug-likeness (QED) is 0.539. The molecule has 0 heterocycles. The van der Waals surface area contributed by atoms with E-state index < -0.39 is 0 Å². The van der Waals surface area contributed by atoms with E-state index >= 15 is 0 Å². The van der Waals surface area contributed by atoms with Crippen molar-refractivity contribution in [1.29, 1.82) is 0 Å². The average molecular weight is 339 g/mol. The van der Waals surface area contributed by atoms with Gasteiger partial charge in [-0.2, -0.15) is 5.10 Å². The van der Waals surface area contributed by atoms with E-state index in [9.17, 15) is 4.79 Å². The number of carbonyl (C=O) groups is 1. The smallest absolute Gasteiger partial charge is 0.259 e. The molecule has 0 aliphatic rings. The Hall–Kier alpha value is -2.82. The first-order valence-corrected chi connectivity index (χ1v) is 8.52. The Kier molecular flexibility index (Phi) is 7.50. The second-order valence-electron chi connectivity index (χ2n) is 5.62. The van der Waals surface area contributed by atoms with Gasteiger partial charge in [0.05, 0.1) is 25.1 Å². The molecule has 1 amide bonds. The minimum Gasteiger partial charge on any atom is -0.495 e. The van der Waals surface area contributed by atoms with Crippen LogP contribution in [0.2, 0.25) is 0 Å². The standard InChI is InChI=1S/C20H25N3O2/c1-3-4-12-17(16-10-6-5-7-11-16)22-23-20(24)15-21-18-13-8-9-14-19(18)25-2/h5-11,13-14,21H,3-4,12,15H2,1-2H3,(H,23,24)/b22-17+. The molecule has 5 heteroatoms. The van der Waals surface area contributed by atoms with Crippen molar-refractivity contribution in [3.63, 3.8) is 0 Å². The number of hydrazone groups is 1. The van der Waals surface area contributed by atoms with Crippen molar-refractivity contribution in [2.24, 2.45) is 5.10 Å². The topological polar surface area (TPSA) is 62.7 Å². The van der Waals surface area contributed by atoms with Crippen molar-refractivity contribution in [2.45, 2.75) is 26.2 Å². The van der Waals surface area contributed by atoms with Crippen LogP contribution in [-0.2, 0) is 4.79 Å². The van der Waals surface area contributed by atoms with Gasteiger partial charge in [-0.15, -0.1) is 0 Å². The summed E-state index contributed by atoms with van der Waals surface area (Å²) in [4.78, 5) is 12.1. The summed E-state index contributed by atoms with van der Waals surface area (Å²) in [5.74, 6) is 0.502. The zero-order valence-electron chi connectivity index (χ0n) is 14.8. The first-order chi connectivity index (χ1) is 12.2. The van der Waals surface area contributed by atoms with Gasteiger partial charge in [0.15, 0.2) is 0 Å². The van der Waals surface area contributed by atoms with E-state index in [1.165, 1.54) is 0 Å². The molecule has 0 radical (unpaired) electrons. The summed E-state index contributed by atoms with van der Waals surface area (Å²) >= 11 is 0. The maximum atomic E-state index is 12.1. The SMILES string of the molecule is CCCC/C(=N\NC(=O)CNc1ccccc1OC)c1ccccc1. The highest BCUT2D eigenvalue weighted by Gasteiger charge is 2.06. The van der Waals surface area contributed by atoms with Crippen molar-refractivity contribution in [2.75, 3.05) is 19.0 Å². The average Bonchev–Trinajstić information content (AvgIpc) is 2.67. The van der Waals surface area contributed by atoms with Gasteiger partial charge in [0.2, 0.25) is 0 Å². The molecule has 0 fully saturated rings. The Balaban J connectivity index is 1.96. The Morgan fingerprint density at radius 3 is 2.52 bits per heavy atom. The normalized spacial score (nSPS) is 11.0. The minimum absolute atomic E-state index is 0.125. The molecule has 2 N–H and O–H groups in total. The van der Waals surface area contributed by atoms with E-state index in [1.807, 2.05) is 54.6 Å². The monoisotopic (exact) mass is 339 g/mol. The van der Waals surface area contributed by atoms with Crippen LogP contribution in [0, 0.1) is 0 Å². The summed E-state index contributed by atoms with van der Waals surface area (Å²) in [7, 11) is 1.60. The number of unbranched alkanes of at least 4 members (excludes halogenated alkanes) is 1. The van der Waals surface area contributed by atoms with Crippen molar-refractivity contribution in [3.05, 3.63) is 60.2 Å². The largest absolute Gasteiger partial charge is 0.495 e. The highest BCUT2D eigenvalue weighted by Crippen LogP contribution is 2.22. The molecule has 0 atom stereocenters. The first kappa shape index (κ1) is 18.5.